The third-order valence-corrected chi connectivity index (χ3v) is 5.65. The summed E-state index contributed by atoms with van der Waals surface area (Å²) in [6.07, 6.45) is 1.74. The quantitative estimate of drug-likeness (QED) is 0.863. The molecule has 5 nitrogen and oxygen atoms in total. The molecule has 1 saturated carbocycles. The number of benzene rings is 1. The Morgan fingerprint density at radius 3 is 2.78 bits per heavy atom. The van der Waals surface area contributed by atoms with Crippen LogP contribution in [0.3, 0.4) is 0 Å². The van der Waals surface area contributed by atoms with Crippen LogP contribution in [0, 0.1) is 23.0 Å². The summed E-state index contributed by atoms with van der Waals surface area (Å²) in [5.74, 6) is -0.995. The van der Waals surface area contributed by atoms with Crippen molar-refractivity contribution in [2.45, 2.75) is 45.6 Å². The number of amides is 1. The molecule has 0 aliphatic heterocycles. The monoisotopic (exact) mass is 375 g/mol. The van der Waals surface area contributed by atoms with Crippen LogP contribution in [0.5, 0.6) is 0 Å². The average molecular weight is 375 g/mol. The Hall–Kier alpha value is -2.28. The van der Waals surface area contributed by atoms with Crippen LogP contribution in [0.15, 0.2) is 18.2 Å². The number of rotatable bonds is 4. The van der Waals surface area contributed by atoms with Gasteiger partial charge in [-0.25, -0.2) is 13.5 Å². The van der Waals surface area contributed by atoms with Gasteiger partial charge in [-0.3, -0.25) is 4.79 Å². The van der Waals surface area contributed by atoms with Crippen molar-refractivity contribution >= 4 is 5.91 Å². The maximum absolute atomic E-state index is 14.3. The highest BCUT2D eigenvalue weighted by molar-refractivity contribution is 5.94. The number of nitrogens with one attached hydrogen (secondary N) is 1. The van der Waals surface area contributed by atoms with E-state index < -0.39 is 17.7 Å². The van der Waals surface area contributed by atoms with Crippen LogP contribution in [0.25, 0.3) is 5.69 Å². The summed E-state index contributed by atoms with van der Waals surface area (Å²) in [6, 6.07) is 2.93. The number of aliphatic hydroxyl groups excluding tert-OH is 1. The minimum atomic E-state index is -0.709. The van der Waals surface area contributed by atoms with Gasteiger partial charge in [-0.05, 0) is 36.3 Å². The number of fused-ring (bicyclic) bond motifs is 3. The average Bonchev–Trinajstić information content (AvgIpc) is 3.08. The first kappa shape index (κ1) is 18.1. The Labute approximate surface area is 156 Å². The summed E-state index contributed by atoms with van der Waals surface area (Å²) in [4.78, 5) is 12.9. The second kappa shape index (κ2) is 6.12. The Bertz CT molecular complexity index is 917. The molecule has 0 saturated heterocycles. The van der Waals surface area contributed by atoms with Gasteiger partial charge in [-0.15, -0.1) is 0 Å². The number of carbonyl (C=O) groups excluding carboxylic acids is 1. The van der Waals surface area contributed by atoms with Crippen molar-refractivity contribution in [3.05, 3.63) is 46.8 Å². The third kappa shape index (κ3) is 3.04. The van der Waals surface area contributed by atoms with Crippen molar-refractivity contribution in [1.82, 2.24) is 15.1 Å². The number of hydrogen-bond acceptors (Lipinski definition) is 3. The van der Waals surface area contributed by atoms with E-state index in [1.165, 1.54) is 16.8 Å². The van der Waals surface area contributed by atoms with Gasteiger partial charge in [-0.1, -0.05) is 20.8 Å². The van der Waals surface area contributed by atoms with Gasteiger partial charge in [0.25, 0.3) is 5.91 Å². The molecule has 2 aliphatic rings. The molecule has 0 spiro atoms. The van der Waals surface area contributed by atoms with Gasteiger partial charge in [0, 0.05) is 17.5 Å². The van der Waals surface area contributed by atoms with Crippen molar-refractivity contribution in [1.29, 1.82) is 0 Å². The molecule has 1 aromatic heterocycles. The van der Waals surface area contributed by atoms with Gasteiger partial charge in [0.2, 0.25) is 0 Å². The molecule has 0 unspecified atom stereocenters. The molecule has 1 heterocycles. The number of halogens is 2. The van der Waals surface area contributed by atoms with E-state index in [9.17, 15) is 18.7 Å². The highest BCUT2D eigenvalue weighted by Crippen LogP contribution is 2.57. The van der Waals surface area contributed by atoms with E-state index in [4.69, 9.17) is 0 Å². The number of nitrogens with zero attached hydrogens (tertiary/aromatic N) is 2. The molecule has 1 aromatic carbocycles. The lowest BCUT2D eigenvalue weighted by Crippen LogP contribution is -2.46. The zero-order valence-corrected chi connectivity index (χ0v) is 15.6. The molecule has 0 bridgehead atoms. The maximum Gasteiger partial charge on any atom is 0.272 e. The van der Waals surface area contributed by atoms with Crippen LogP contribution in [0.2, 0.25) is 0 Å². The number of hydrogen-bond donors (Lipinski definition) is 2. The Morgan fingerprint density at radius 1 is 1.41 bits per heavy atom. The van der Waals surface area contributed by atoms with E-state index in [1.807, 2.05) is 20.8 Å². The lowest BCUT2D eigenvalue weighted by Gasteiger charge is -2.29. The van der Waals surface area contributed by atoms with Crippen molar-refractivity contribution < 1.29 is 18.7 Å². The highest BCUT2D eigenvalue weighted by atomic mass is 19.1. The highest BCUT2D eigenvalue weighted by Gasteiger charge is 2.50. The summed E-state index contributed by atoms with van der Waals surface area (Å²) >= 11 is 0. The molecule has 144 valence electrons. The Morgan fingerprint density at radius 2 is 2.15 bits per heavy atom. The maximum atomic E-state index is 14.3. The molecule has 4 rings (SSSR count). The summed E-state index contributed by atoms with van der Waals surface area (Å²) in [6.45, 7) is 5.61. The number of aromatic nitrogens is 2. The second-order valence-electron chi connectivity index (χ2n) is 8.60. The van der Waals surface area contributed by atoms with E-state index >= 15 is 0 Å². The molecular formula is C20H23F2N3O2. The molecular weight excluding hydrogens is 352 g/mol. The van der Waals surface area contributed by atoms with Crippen LogP contribution in [-0.4, -0.2) is 33.4 Å². The van der Waals surface area contributed by atoms with Gasteiger partial charge in [0.15, 0.2) is 11.5 Å². The van der Waals surface area contributed by atoms with E-state index in [0.717, 1.165) is 30.2 Å². The first-order valence-corrected chi connectivity index (χ1v) is 9.19. The minimum Gasteiger partial charge on any atom is -0.394 e. The molecule has 27 heavy (non-hydrogen) atoms. The topological polar surface area (TPSA) is 67.2 Å². The van der Waals surface area contributed by atoms with Gasteiger partial charge < -0.3 is 10.4 Å². The molecule has 1 amide bonds. The van der Waals surface area contributed by atoms with Crippen molar-refractivity contribution in [3.8, 4) is 5.69 Å². The molecule has 2 N–H and O–H groups in total. The predicted octanol–water partition coefficient (Wildman–Crippen LogP) is 2.95. The van der Waals surface area contributed by atoms with Gasteiger partial charge in [0.05, 0.1) is 18.3 Å². The summed E-state index contributed by atoms with van der Waals surface area (Å²) < 4.78 is 29.1. The normalized spacial score (nSPS) is 21.6. The molecule has 2 aliphatic carbocycles. The molecule has 2 aromatic rings. The fourth-order valence-electron chi connectivity index (χ4n) is 3.90. The van der Waals surface area contributed by atoms with Crippen LogP contribution < -0.4 is 5.32 Å². The SMILES string of the molecule is CC(C)(C)[C@@H](CO)NC(=O)c1nn(-c2ccc(F)cc2F)c2c1C[C@H]1C[C@@H]21. The first-order chi connectivity index (χ1) is 12.7. The van der Waals surface area contributed by atoms with Crippen LogP contribution >= 0.6 is 0 Å². The van der Waals surface area contributed by atoms with E-state index in [0.29, 0.717) is 5.92 Å². The van der Waals surface area contributed by atoms with E-state index in [1.54, 1.807) is 0 Å². The fourth-order valence-corrected chi connectivity index (χ4v) is 3.90. The lowest BCUT2D eigenvalue weighted by atomic mass is 9.87. The number of aliphatic hydroxyl groups is 1. The van der Waals surface area contributed by atoms with Gasteiger partial charge in [-0.2, -0.15) is 5.10 Å². The third-order valence-electron chi connectivity index (χ3n) is 5.65. The zero-order valence-electron chi connectivity index (χ0n) is 15.6. The van der Waals surface area contributed by atoms with Crippen LogP contribution in [0.4, 0.5) is 8.78 Å². The lowest BCUT2D eigenvalue weighted by molar-refractivity contribution is 0.0841. The largest absolute Gasteiger partial charge is 0.394 e. The van der Waals surface area contributed by atoms with Crippen molar-refractivity contribution in [3.63, 3.8) is 0 Å². The standard InChI is InChI=1S/C20H23F2N3O2/c1-20(2,3)16(9-26)23-19(27)17-13-7-10-6-12(10)18(13)25(24-17)15-5-4-11(21)8-14(15)22/h4-5,8,10,12,16,26H,6-7,9H2,1-3H3,(H,23,27)/t10-,12-,16-/m1/s1. The Balaban J connectivity index is 1.73. The van der Waals surface area contributed by atoms with Crippen LogP contribution in [-0.2, 0) is 6.42 Å². The molecule has 0 radical (unpaired) electrons. The second-order valence-corrected chi connectivity index (χ2v) is 8.60. The van der Waals surface area contributed by atoms with Gasteiger partial charge >= 0.3 is 0 Å². The molecule has 1 fully saturated rings. The van der Waals surface area contributed by atoms with Crippen LogP contribution in [0.1, 0.15) is 54.9 Å². The Kier molecular flexibility index (Phi) is 4.10. The zero-order chi connectivity index (χ0) is 19.5. The van der Waals surface area contributed by atoms with E-state index in [2.05, 4.69) is 10.4 Å². The summed E-state index contributed by atoms with van der Waals surface area (Å²) in [7, 11) is 0. The minimum absolute atomic E-state index is 0.147. The molecule has 7 heteroatoms. The van der Waals surface area contributed by atoms with Crippen molar-refractivity contribution in [2.24, 2.45) is 11.3 Å². The van der Waals surface area contributed by atoms with Crippen molar-refractivity contribution in [2.75, 3.05) is 6.61 Å². The number of carbonyl (C=O) groups is 1. The summed E-state index contributed by atoms with van der Waals surface area (Å²) in [5, 5.41) is 16.9. The van der Waals surface area contributed by atoms with Gasteiger partial charge in [0.1, 0.15) is 11.5 Å². The van der Waals surface area contributed by atoms with E-state index in [-0.39, 0.29) is 35.2 Å². The fraction of sp³-hybridized carbons (Fsp3) is 0.500. The molecule has 3 atom stereocenters. The first-order valence-electron chi connectivity index (χ1n) is 9.19. The summed E-state index contributed by atoms with van der Waals surface area (Å²) in [5.41, 5.74) is 1.79. The predicted molar refractivity (Wildman–Crippen MR) is 95.8 cm³/mol. The smallest absolute Gasteiger partial charge is 0.272 e.